The van der Waals surface area contributed by atoms with Crippen molar-refractivity contribution in [1.82, 2.24) is 15.8 Å². The van der Waals surface area contributed by atoms with E-state index >= 15 is 0 Å². The monoisotopic (exact) mass is 183 g/mol. The molecular formula is C9H17N3O. The molecule has 0 aromatic rings. The van der Waals surface area contributed by atoms with Gasteiger partial charge in [-0.3, -0.25) is 5.43 Å². The second kappa shape index (κ2) is 3.54. The third-order valence-electron chi connectivity index (χ3n) is 3.21. The molecule has 1 aliphatic heterocycles. The lowest BCUT2D eigenvalue weighted by Gasteiger charge is -2.17. The average molecular weight is 183 g/mol. The summed E-state index contributed by atoms with van der Waals surface area (Å²) in [5.74, 6) is 1.66. The maximum absolute atomic E-state index is 11.0. The molecule has 0 aromatic heterocycles. The molecule has 1 saturated heterocycles. The molecule has 0 aromatic carbocycles. The molecule has 2 fully saturated rings. The number of hydrogen-bond acceptors (Lipinski definition) is 2. The number of amides is 2. The van der Waals surface area contributed by atoms with Crippen molar-refractivity contribution in [2.75, 3.05) is 20.1 Å². The van der Waals surface area contributed by atoms with E-state index in [4.69, 9.17) is 0 Å². The lowest BCUT2D eigenvalue weighted by Crippen LogP contribution is -2.45. The zero-order valence-corrected chi connectivity index (χ0v) is 8.05. The molecule has 2 amide bonds. The van der Waals surface area contributed by atoms with Gasteiger partial charge in [0.05, 0.1) is 0 Å². The van der Waals surface area contributed by atoms with Crippen LogP contribution in [0.2, 0.25) is 0 Å². The molecule has 2 unspecified atom stereocenters. The van der Waals surface area contributed by atoms with Crippen molar-refractivity contribution in [3.05, 3.63) is 0 Å². The summed E-state index contributed by atoms with van der Waals surface area (Å²) in [6.07, 6.45) is 4.07. The predicted octanol–water partition coefficient (Wildman–Crippen LogP) is 0.562. The van der Waals surface area contributed by atoms with Crippen molar-refractivity contribution in [1.29, 1.82) is 0 Å². The van der Waals surface area contributed by atoms with Crippen LogP contribution >= 0.6 is 0 Å². The minimum Gasteiger partial charge on any atom is -0.340 e. The fraction of sp³-hybridized carbons (Fsp3) is 0.889. The molecule has 4 nitrogen and oxygen atoms in total. The molecule has 2 aliphatic rings. The normalized spacial score (nSPS) is 33.0. The summed E-state index contributed by atoms with van der Waals surface area (Å²) >= 11 is 0. The van der Waals surface area contributed by atoms with E-state index in [1.54, 1.807) is 7.05 Å². The minimum atomic E-state index is -0.0972. The van der Waals surface area contributed by atoms with Gasteiger partial charge in [0, 0.05) is 20.1 Å². The average Bonchev–Trinajstić information content (AvgIpc) is 2.63. The summed E-state index contributed by atoms with van der Waals surface area (Å²) in [6, 6.07) is -0.0972. The maximum Gasteiger partial charge on any atom is 0.329 e. The Bertz CT molecular complexity index is 195. The summed E-state index contributed by atoms with van der Waals surface area (Å²) in [6.45, 7) is 2.08. The first-order chi connectivity index (χ1) is 6.29. The standard InChI is InChI=1S/C9H17N3O/c1-10-9(13)11-12-5-7-3-2-4-8(7)6-12/h7-8H,2-6H2,1H3,(H2,10,11,13). The Morgan fingerprint density at radius 1 is 1.31 bits per heavy atom. The first-order valence-electron chi connectivity index (χ1n) is 5.03. The Morgan fingerprint density at radius 3 is 2.46 bits per heavy atom. The summed E-state index contributed by atoms with van der Waals surface area (Å²) in [4.78, 5) is 11.0. The van der Waals surface area contributed by atoms with E-state index in [1.807, 2.05) is 5.01 Å². The molecule has 0 bridgehead atoms. The SMILES string of the molecule is CNC(=O)NN1CC2CCCC2C1. The van der Waals surface area contributed by atoms with Crippen LogP contribution in [-0.4, -0.2) is 31.2 Å². The lowest BCUT2D eigenvalue weighted by atomic mass is 10.0. The number of nitrogens with one attached hydrogen (secondary N) is 2. The van der Waals surface area contributed by atoms with Crippen LogP contribution in [0.15, 0.2) is 0 Å². The van der Waals surface area contributed by atoms with Crippen molar-refractivity contribution >= 4 is 6.03 Å². The van der Waals surface area contributed by atoms with E-state index in [2.05, 4.69) is 10.7 Å². The second-order valence-corrected chi connectivity index (χ2v) is 4.05. The number of nitrogens with zero attached hydrogens (tertiary/aromatic N) is 1. The molecule has 74 valence electrons. The van der Waals surface area contributed by atoms with E-state index in [-0.39, 0.29) is 6.03 Å². The highest BCUT2D eigenvalue weighted by Crippen LogP contribution is 2.36. The van der Waals surface area contributed by atoms with Crippen LogP contribution < -0.4 is 10.7 Å². The zero-order chi connectivity index (χ0) is 9.26. The molecule has 0 spiro atoms. The summed E-state index contributed by atoms with van der Waals surface area (Å²) in [5.41, 5.74) is 2.84. The van der Waals surface area contributed by atoms with Crippen molar-refractivity contribution in [3.63, 3.8) is 0 Å². The van der Waals surface area contributed by atoms with Crippen LogP contribution in [0, 0.1) is 11.8 Å². The second-order valence-electron chi connectivity index (χ2n) is 4.05. The third kappa shape index (κ3) is 1.77. The van der Waals surface area contributed by atoms with Gasteiger partial charge in [-0.05, 0) is 24.7 Å². The van der Waals surface area contributed by atoms with Crippen molar-refractivity contribution in [2.24, 2.45) is 11.8 Å². The van der Waals surface area contributed by atoms with Crippen molar-refractivity contribution in [3.8, 4) is 0 Å². The van der Waals surface area contributed by atoms with Gasteiger partial charge in [-0.1, -0.05) is 6.42 Å². The molecule has 1 heterocycles. The number of carbonyl (C=O) groups is 1. The van der Waals surface area contributed by atoms with E-state index < -0.39 is 0 Å². The van der Waals surface area contributed by atoms with Crippen LogP contribution in [-0.2, 0) is 0 Å². The van der Waals surface area contributed by atoms with Gasteiger partial charge in [-0.25, -0.2) is 9.80 Å². The number of carbonyl (C=O) groups excluding carboxylic acids is 1. The van der Waals surface area contributed by atoms with Gasteiger partial charge in [-0.15, -0.1) is 0 Å². The topological polar surface area (TPSA) is 44.4 Å². The van der Waals surface area contributed by atoms with E-state index in [9.17, 15) is 4.79 Å². The Balaban J connectivity index is 1.82. The molecule has 13 heavy (non-hydrogen) atoms. The molecule has 2 atom stereocenters. The number of hydrogen-bond donors (Lipinski definition) is 2. The van der Waals surface area contributed by atoms with Crippen molar-refractivity contribution in [2.45, 2.75) is 19.3 Å². The summed E-state index contributed by atoms with van der Waals surface area (Å²) < 4.78 is 0. The number of urea groups is 1. The van der Waals surface area contributed by atoms with Crippen LogP contribution in [0.4, 0.5) is 4.79 Å². The van der Waals surface area contributed by atoms with Gasteiger partial charge in [0.25, 0.3) is 0 Å². The number of rotatable bonds is 1. The molecule has 4 heteroatoms. The quantitative estimate of drug-likeness (QED) is 0.624. The Hall–Kier alpha value is -0.770. The number of fused-ring (bicyclic) bond motifs is 1. The smallest absolute Gasteiger partial charge is 0.329 e. The van der Waals surface area contributed by atoms with E-state index in [0.29, 0.717) is 0 Å². The molecule has 1 saturated carbocycles. The highest BCUT2D eigenvalue weighted by atomic mass is 16.2. The van der Waals surface area contributed by atoms with Gasteiger partial charge in [0.15, 0.2) is 0 Å². The Labute approximate surface area is 78.6 Å². The first-order valence-corrected chi connectivity index (χ1v) is 5.03. The molecule has 2 N–H and O–H groups in total. The molecule has 1 aliphatic carbocycles. The van der Waals surface area contributed by atoms with Crippen LogP contribution in [0.25, 0.3) is 0 Å². The van der Waals surface area contributed by atoms with Crippen LogP contribution in [0.3, 0.4) is 0 Å². The zero-order valence-electron chi connectivity index (χ0n) is 8.05. The van der Waals surface area contributed by atoms with Gasteiger partial charge in [0.2, 0.25) is 0 Å². The molecular weight excluding hydrogens is 166 g/mol. The maximum atomic E-state index is 11.0. The van der Waals surface area contributed by atoms with E-state index in [1.165, 1.54) is 19.3 Å². The summed E-state index contributed by atoms with van der Waals surface area (Å²) in [7, 11) is 1.65. The van der Waals surface area contributed by atoms with Gasteiger partial charge >= 0.3 is 6.03 Å². The van der Waals surface area contributed by atoms with Gasteiger partial charge in [0.1, 0.15) is 0 Å². The minimum absolute atomic E-state index is 0.0972. The Kier molecular flexibility index (Phi) is 2.40. The third-order valence-corrected chi connectivity index (χ3v) is 3.21. The molecule has 2 rings (SSSR count). The first kappa shape index (κ1) is 8.81. The Morgan fingerprint density at radius 2 is 1.92 bits per heavy atom. The molecule has 0 radical (unpaired) electrons. The summed E-state index contributed by atoms with van der Waals surface area (Å²) in [5, 5.41) is 4.61. The largest absolute Gasteiger partial charge is 0.340 e. The highest BCUT2D eigenvalue weighted by Gasteiger charge is 2.36. The van der Waals surface area contributed by atoms with Crippen LogP contribution in [0.5, 0.6) is 0 Å². The predicted molar refractivity (Wildman–Crippen MR) is 50.0 cm³/mol. The van der Waals surface area contributed by atoms with Gasteiger partial charge < -0.3 is 5.32 Å². The van der Waals surface area contributed by atoms with Crippen LogP contribution in [0.1, 0.15) is 19.3 Å². The fourth-order valence-corrected chi connectivity index (χ4v) is 2.53. The number of hydrazine groups is 1. The van der Waals surface area contributed by atoms with E-state index in [0.717, 1.165) is 24.9 Å². The van der Waals surface area contributed by atoms with Crippen molar-refractivity contribution < 1.29 is 4.79 Å². The van der Waals surface area contributed by atoms with Gasteiger partial charge in [-0.2, -0.15) is 0 Å². The highest BCUT2D eigenvalue weighted by molar-refractivity contribution is 5.72. The fourth-order valence-electron chi connectivity index (χ4n) is 2.53. The lowest BCUT2D eigenvalue weighted by molar-refractivity contribution is 0.192.